The molecule has 0 N–H and O–H groups in total. The average Bonchev–Trinajstić information content (AvgIpc) is 3.17. The van der Waals surface area contributed by atoms with Crippen LogP contribution < -0.4 is 14.2 Å². The molecule has 2 aromatic carbocycles. The van der Waals surface area contributed by atoms with Crippen molar-refractivity contribution < 1.29 is 19.0 Å². The van der Waals surface area contributed by atoms with Crippen LogP contribution in [0.4, 0.5) is 0 Å². The first-order chi connectivity index (χ1) is 12.7. The Kier molecular flexibility index (Phi) is 5.66. The van der Waals surface area contributed by atoms with E-state index < -0.39 is 0 Å². The summed E-state index contributed by atoms with van der Waals surface area (Å²) in [4.78, 5) is 14.9. The number of carbonyl (C=O) groups is 1. The lowest BCUT2D eigenvalue weighted by Gasteiger charge is -2.26. The first-order valence-corrected chi connectivity index (χ1v) is 8.80. The number of rotatable bonds is 6. The predicted octanol–water partition coefficient (Wildman–Crippen LogP) is 3.62. The van der Waals surface area contributed by atoms with Gasteiger partial charge in [-0.2, -0.15) is 0 Å². The molecule has 26 heavy (non-hydrogen) atoms. The minimum atomic E-state index is 0.0768. The van der Waals surface area contributed by atoms with Gasteiger partial charge in [0, 0.05) is 6.54 Å². The van der Waals surface area contributed by atoms with E-state index in [1.54, 1.807) is 21.3 Å². The van der Waals surface area contributed by atoms with Gasteiger partial charge in [0.2, 0.25) is 5.91 Å². The molecular weight excluding hydrogens is 330 g/mol. The van der Waals surface area contributed by atoms with Crippen LogP contribution in [0.2, 0.25) is 0 Å². The van der Waals surface area contributed by atoms with E-state index in [2.05, 4.69) is 0 Å². The summed E-state index contributed by atoms with van der Waals surface area (Å²) in [5.41, 5.74) is 2.05. The van der Waals surface area contributed by atoms with Gasteiger partial charge in [0.1, 0.15) is 5.75 Å². The second-order valence-electron chi connectivity index (χ2n) is 6.39. The molecule has 5 heteroatoms. The molecule has 0 spiro atoms. The van der Waals surface area contributed by atoms with Crippen molar-refractivity contribution in [2.45, 2.75) is 25.3 Å². The van der Waals surface area contributed by atoms with Crippen LogP contribution in [0, 0.1) is 0 Å². The highest BCUT2D eigenvalue weighted by molar-refractivity contribution is 5.79. The number of benzene rings is 2. The topological polar surface area (TPSA) is 48.0 Å². The summed E-state index contributed by atoms with van der Waals surface area (Å²) >= 11 is 0. The van der Waals surface area contributed by atoms with Crippen LogP contribution in [0.15, 0.2) is 42.5 Å². The van der Waals surface area contributed by atoms with Gasteiger partial charge in [-0.15, -0.1) is 0 Å². The van der Waals surface area contributed by atoms with Crippen LogP contribution in [-0.2, 0) is 11.2 Å². The van der Waals surface area contributed by atoms with Crippen molar-refractivity contribution in [2.75, 3.05) is 27.9 Å². The number of nitrogens with zero attached hydrogens (tertiary/aromatic N) is 1. The summed E-state index contributed by atoms with van der Waals surface area (Å²) in [6.07, 6.45) is 2.34. The van der Waals surface area contributed by atoms with Gasteiger partial charge in [-0.05, 0) is 48.2 Å². The smallest absolute Gasteiger partial charge is 0.227 e. The monoisotopic (exact) mass is 355 g/mol. The highest BCUT2D eigenvalue weighted by atomic mass is 16.5. The minimum absolute atomic E-state index is 0.0768. The zero-order chi connectivity index (χ0) is 18.5. The summed E-state index contributed by atoms with van der Waals surface area (Å²) in [7, 11) is 4.88. The van der Waals surface area contributed by atoms with Crippen LogP contribution >= 0.6 is 0 Å². The molecule has 1 atom stereocenters. The fourth-order valence-corrected chi connectivity index (χ4v) is 3.53. The van der Waals surface area contributed by atoms with E-state index in [4.69, 9.17) is 14.2 Å². The van der Waals surface area contributed by atoms with Gasteiger partial charge in [-0.1, -0.05) is 18.2 Å². The van der Waals surface area contributed by atoms with E-state index >= 15 is 0 Å². The largest absolute Gasteiger partial charge is 0.497 e. The van der Waals surface area contributed by atoms with E-state index in [1.807, 2.05) is 47.4 Å². The lowest BCUT2D eigenvalue weighted by molar-refractivity contribution is -0.131. The third kappa shape index (κ3) is 3.77. The highest BCUT2D eigenvalue weighted by Gasteiger charge is 2.30. The molecule has 1 fully saturated rings. The predicted molar refractivity (Wildman–Crippen MR) is 99.9 cm³/mol. The van der Waals surface area contributed by atoms with Crippen molar-refractivity contribution in [3.05, 3.63) is 53.6 Å². The Bertz CT molecular complexity index is 774. The molecule has 1 saturated heterocycles. The Labute approximate surface area is 154 Å². The zero-order valence-electron chi connectivity index (χ0n) is 15.5. The van der Waals surface area contributed by atoms with Crippen LogP contribution in [0.5, 0.6) is 17.2 Å². The number of hydrogen-bond acceptors (Lipinski definition) is 4. The van der Waals surface area contributed by atoms with E-state index in [1.165, 1.54) is 0 Å². The van der Waals surface area contributed by atoms with Crippen LogP contribution in [0.1, 0.15) is 30.0 Å². The van der Waals surface area contributed by atoms with Crippen molar-refractivity contribution in [2.24, 2.45) is 0 Å². The molecule has 1 aliphatic rings. The molecule has 0 radical (unpaired) electrons. The first-order valence-electron chi connectivity index (χ1n) is 8.80. The Hall–Kier alpha value is -2.69. The maximum atomic E-state index is 12.9. The number of hydrogen-bond donors (Lipinski definition) is 0. The van der Waals surface area contributed by atoms with Crippen molar-refractivity contribution in [3.63, 3.8) is 0 Å². The third-order valence-electron chi connectivity index (χ3n) is 4.86. The maximum Gasteiger partial charge on any atom is 0.227 e. The number of likely N-dealkylation sites (tertiary alicyclic amines) is 1. The Morgan fingerprint density at radius 2 is 1.85 bits per heavy atom. The molecule has 0 bridgehead atoms. The van der Waals surface area contributed by atoms with Crippen molar-refractivity contribution >= 4 is 5.91 Å². The normalized spacial score (nSPS) is 16.4. The van der Waals surface area contributed by atoms with E-state index in [-0.39, 0.29) is 11.9 Å². The summed E-state index contributed by atoms with van der Waals surface area (Å²) in [5, 5.41) is 0. The van der Waals surface area contributed by atoms with Gasteiger partial charge in [0.05, 0.1) is 33.8 Å². The number of ether oxygens (including phenoxy) is 3. The Balaban J connectivity index is 1.78. The summed E-state index contributed by atoms with van der Waals surface area (Å²) in [6.45, 7) is 0.780. The molecule has 138 valence electrons. The average molecular weight is 355 g/mol. The molecular formula is C21H25NO4. The van der Waals surface area contributed by atoms with Crippen molar-refractivity contribution in [1.29, 1.82) is 0 Å². The SMILES string of the molecule is COc1cccc(CC(=O)N2CCC[C@H]2c2ccc(OC)c(OC)c2)c1. The molecule has 0 aliphatic carbocycles. The Morgan fingerprint density at radius 1 is 1.04 bits per heavy atom. The van der Waals surface area contributed by atoms with Crippen LogP contribution in [-0.4, -0.2) is 38.7 Å². The lowest BCUT2D eigenvalue weighted by Crippen LogP contribution is -2.31. The van der Waals surface area contributed by atoms with E-state index in [0.29, 0.717) is 17.9 Å². The van der Waals surface area contributed by atoms with Crippen LogP contribution in [0.25, 0.3) is 0 Å². The molecule has 0 aromatic heterocycles. The number of carbonyl (C=O) groups excluding carboxylic acids is 1. The zero-order valence-corrected chi connectivity index (χ0v) is 15.5. The fraction of sp³-hybridized carbons (Fsp3) is 0.381. The molecule has 1 amide bonds. The molecule has 1 heterocycles. The van der Waals surface area contributed by atoms with Gasteiger partial charge in [-0.25, -0.2) is 0 Å². The van der Waals surface area contributed by atoms with E-state index in [0.717, 1.165) is 36.3 Å². The van der Waals surface area contributed by atoms with Gasteiger partial charge >= 0.3 is 0 Å². The molecule has 0 saturated carbocycles. The summed E-state index contributed by atoms with van der Waals surface area (Å²) < 4.78 is 16.0. The second-order valence-corrected chi connectivity index (χ2v) is 6.39. The standard InChI is InChI=1S/C21H25NO4/c1-24-17-7-4-6-15(12-17)13-21(23)22-11-5-8-18(22)16-9-10-19(25-2)20(14-16)26-3/h4,6-7,9-10,12,14,18H,5,8,11,13H2,1-3H3/t18-/m0/s1. The van der Waals surface area contributed by atoms with Gasteiger partial charge in [0.15, 0.2) is 11.5 Å². The van der Waals surface area contributed by atoms with Crippen molar-refractivity contribution in [1.82, 2.24) is 4.90 Å². The first kappa shape index (κ1) is 18.1. The minimum Gasteiger partial charge on any atom is -0.497 e. The molecule has 5 nitrogen and oxygen atoms in total. The summed E-state index contributed by atoms with van der Waals surface area (Å²) in [5.74, 6) is 2.30. The summed E-state index contributed by atoms with van der Waals surface area (Å²) in [6, 6.07) is 13.6. The number of amides is 1. The number of methoxy groups -OCH3 is 3. The van der Waals surface area contributed by atoms with Crippen molar-refractivity contribution in [3.8, 4) is 17.2 Å². The van der Waals surface area contributed by atoms with Gasteiger partial charge in [-0.3, -0.25) is 4.79 Å². The fourth-order valence-electron chi connectivity index (χ4n) is 3.53. The van der Waals surface area contributed by atoms with Gasteiger partial charge in [0.25, 0.3) is 0 Å². The molecule has 1 aliphatic heterocycles. The lowest BCUT2D eigenvalue weighted by atomic mass is 10.0. The second kappa shape index (κ2) is 8.13. The van der Waals surface area contributed by atoms with Crippen LogP contribution in [0.3, 0.4) is 0 Å². The molecule has 3 rings (SSSR count). The highest BCUT2D eigenvalue weighted by Crippen LogP contribution is 2.37. The Morgan fingerprint density at radius 3 is 2.58 bits per heavy atom. The molecule has 2 aromatic rings. The maximum absolute atomic E-state index is 12.9. The quantitative estimate of drug-likeness (QED) is 0.794. The van der Waals surface area contributed by atoms with E-state index in [9.17, 15) is 4.79 Å². The third-order valence-corrected chi connectivity index (χ3v) is 4.86. The van der Waals surface area contributed by atoms with Gasteiger partial charge < -0.3 is 19.1 Å². The molecule has 0 unspecified atom stereocenters.